The normalized spacial score (nSPS) is 14.3. The van der Waals surface area contributed by atoms with Crippen molar-refractivity contribution >= 4 is 22.5 Å². The number of nitrogens with zero attached hydrogens (tertiary/aromatic N) is 2. The highest BCUT2D eigenvalue weighted by Gasteiger charge is 2.27. The summed E-state index contributed by atoms with van der Waals surface area (Å²) in [6.45, 7) is 0.968. The second kappa shape index (κ2) is 8.59. The van der Waals surface area contributed by atoms with Crippen LogP contribution in [0.5, 0.6) is 0 Å². The zero-order valence-corrected chi connectivity index (χ0v) is 18.0. The van der Waals surface area contributed by atoms with E-state index in [1.807, 2.05) is 42.6 Å². The Morgan fingerprint density at radius 3 is 2.55 bits per heavy atom. The fraction of sp³-hybridized carbons (Fsp3) is 0.222. The first kappa shape index (κ1) is 19.9. The Kier molecular flexibility index (Phi) is 5.51. The summed E-state index contributed by atoms with van der Waals surface area (Å²) in [5.74, 6) is 7.17. The summed E-state index contributed by atoms with van der Waals surface area (Å²) < 4.78 is 2.30. The third kappa shape index (κ3) is 4.66. The number of hydrogen-bond acceptors (Lipinski definition) is 2. The predicted octanol–water partition coefficient (Wildman–Crippen LogP) is 5.88. The Balaban J connectivity index is 1.29. The summed E-state index contributed by atoms with van der Waals surface area (Å²) in [5, 5.41) is 1.94. The van der Waals surface area contributed by atoms with Crippen LogP contribution in [0, 0.1) is 17.8 Å². The number of fused-ring (bicyclic) bond motifs is 1. The second-order valence-electron chi connectivity index (χ2n) is 8.26. The molecule has 0 aliphatic heterocycles. The van der Waals surface area contributed by atoms with Gasteiger partial charge in [0.15, 0.2) is 0 Å². The predicted molar refractivity (Wildman–Crippen MR) is 128 cm³/mol. The molecule has 0 spiro atoms. The lowest BCUT2D eigenvalue weighted by Gasteiger charge is -2.11. The first-order chi connectivity index (χ1) is 15.2. The maximum Gasteiger partial charge on any atom is 0.113 e. The summed E-state index contributed by atoms with van der Waals surface area (Å²) in [5.41, 5.74) is 11.4. The number of aromatic nitrogens is 2. The monoisotopic (exact) mass is 425 g/mol. The molecule has 1 aliphatic rings. The van der Waals surface area contributed by atoms with Crippen molar-refractivity contribution in [2.75, 3.05) is 0 Å². The van der Waals surface area contributed by atoms with E-state index in [4.69, 9.17) is 17.3 Å². The molecule has 2 N–H and O–H groups in total. The summed E-state index contributed by atoms with van der Waals surface area (Å²) >= 11 is 5.96. The van der Waals surface area contributed by atoms with Crippen molar-refractivity contribution in [3.05, 3.63) is 89.3 Å². The van der Waals surface area contributed by atoms with Crippen molar-refractivity contribution in [3.8, 4) is 23.0 Å². The number of rotatable bonds is 5. The average Bonchev–Trinajstić information content (AvgIpc) is 3.58. The van der Waals surface area contributed by atoms with Gasteiger partial charge in [0, 0.05) is 52.0 Å². The number of pyridine rings is 1. The molecule has 5 rings (SSSR count). The van der Waals surface area contributed by atoms with E-state index in [0.717, 1.165) is 46.3 Å². The van der Waals surface area contributed by atoms with Crippen LogP contribution >= 0.6 is 11.6 Å². The van der Waals surface area contributed by atoms with Gasteiger partial charge in [-0.2, -0.15) is 0 Å². The second-order valence-corrected chi connectivity index (χ2v) is 8.70. The quantitative estimate of drug-likeness (QED) is 0.405. The van der Waals surface area contributed by atoms with Crippen LogP contribution in [0.2, 0.25) is 5.02 Å². The van der Waals surface area contributed by atoms with E-state index >= 15 is 0 Å². The van der Waals surface area contributed by atoms with Gasteiger partial charge in [-0.1, -0.05) is 35.7 Å². The molecule has 2 aromatic heterocycles. The molecule has 31 heavy (non-hydrogen) atoms. The molecule has 0 bridgehead atoms. The number of halogens is 1. The lowest BCUT2D eigenvalue weighted by Crippen LogP contribution is -2.23. The highest BCUT2D eigenvalue weighted by Crippen LogP contribution is 2.33. The maximum atomic E-state index is 6.26. The summed E-state index contributed by atoms with van der Waals surface area (Å²) in [6.07, 6.45) is 7.64. The molecular formula is C27H24ClN3. The van der Waals surface area contributed by atoms with Crippen LogP contribution in [0.25, 0.3) is 22.0 Å². The van der Waals surface area contributed by atoms with Gasteiger partial charge < -0.3 is 10.3 Å². The topological polar surface area (TPSA) is 43.8 Å². The third-order valence-corrected chi connectivity index (χ3v) is 6.23. The Morgan fingerprint density at radius 2 is 1.81 bits per heavy atom. The lowest BCUT2D eigenvalue weighted by atomic mass is 10.1. The number of benzene rings is 2. The SMILES string of the molecule is NC(CCn1ccc2cc(C#Cc3ccc(-c4ccc(Cl)cc4)cn3)ccc21)C1CC1. The number of hydrogen-bond donors (Lipinski definition) is 1. The van der Waals surface area contributed by atoms with Crippen molar-refractivity contribution in [1.29, 1.82) is 0 Å². The van der Waals surface area contributed by atoms with Crippen LogP contribution in [0.4, 0.5) is 0 Å². The zero-order chi connectivity index (χ0) is 21.2. The van der Waals surface area contributed by atoms with Gasteiger partial charge in [0.25, 0.3) is 0 Å². The molecule has 1 aliphatic carbocycles. The molecule has 1 atom stereocenters. The van der Waals surface area contributed by atoms with Crippen LogP contribution in [0.3, 0.4) is 0 Å². The molecule has 0 amide bonds. The van der Waals surface area contributed by atoms with E-state index in [0.29, 0.717) is 6.04 Å². The largest absolute Gasteiger partial charge is 0.347 e. The minimum atomic E-state index is 0.334. The number of nitrogens with two attached hydrogens (primary N) is 1. The molecule has 2 aromatic carbocycles. The number of aryl methyl sites for hydroxylation is 1. The Morgan fingerprint density at radius 1 is 1.00 bits per heavy atom. The molecule has 4 aromatic rings. The fourth-order valence-corrected chi connectivity index (χ4v) is 4.06. The van der Waals surface area contributed by atoms with Crippen LogP contribution in [-0.2, 0) is 6.54 Å². The molecule has 0 radical (unpaired) electrons. The first-order valence-electron chi connectivity index (χ1n) is 10.7. The summed E-state index contributed by atoms with van der Waals surface area (Å²) in [7, 11) is 0. The molecule has 4 heteroatoms. The zero-order valence-electron chi connectivity index (χ0n) is 17.3. The van der Waals surface area contributed by atoms with E-state index in [9.17, 15) is 0 Å². The van der Waals surface area contributed by atoms with Gasteiger partial charge in [-0.05, 0) is 79.1 Å². The highest BCUT2D eigenvalue weighted by atomic mass is 35.5. The van der Waals surface area contributed by atoms with Crippen molar-refractivity contribution in [1.82, 2.24) is 9.55 Å². The van der Waals surface area contributed by atoms with E-state index in [1.165, 1.54) is 23.7 Å². The van der Waals surface area contributed by atoms with Gasteiger partial charge in [-0.3, -0.25) is 0 Å². The molecule has 1 saturated carbocycles. The minimum Gasteiger partial charge on any atom is -0.347 e. The average molecular weight is 426 g/mol. The third-order valence-electron chi connectivity index (χ3n) is 5.98. The van der Waals surface area contributed by atoms with Crippen LogP contribution in [0.15, 0.2) is 73.1 Å². The minimum absolute atomic E-state index is 0.334. The van der Waals surface area contributed by atoms with Crippen molar-refractivity contribution in [3.63, 3.8) is 0 Å². The van der Waals surface area contributed by atoms with E-state index in [-0.39, 0.29) is 0 Å². The smallest absolute Gasteiger partial charge is 0.113 e. The van der Waals surface area contributed by atoms with Gasteiger partial charge >= 0.3 is 0 Å². The van der Waals surface area contributed by atoms with Gasteiger partial charge in [0.1, 0.15) is 5.69 Å². The summed E-state index contributed by atoms with van der Waals surface area (Å²) in [6, 6.07) is 20.6. The van der Waals surface area contributed by atoms with E-state index in [1.54, 1.807) is 0 Å². The van der Waals surface area contributed by atoms with Crippen molar-refractivity contribution in [2.24, 2.45) is 11.7 Å². The van der Waals surface area contributed by atoms with Gasteiger partial charge in [0.2, 0.25) is 0 Å². The van der Waals surface area contributed by atoms with Crippen LogP contribution < -0.4 is 5.73 Å². The van der Waals surface area contributed by atoms with Crippen molar-refractivity contribution < 1.29 is 0 Å². The Hall–Kier alpha value is -3.06. The fourth-order valence-electron chi connectivity index (χ4n) is 3.94. The molecule has 1 unspecified atom stereocenters. The molecule has 2 heterocycles. The molecule has 0 saturated heterocycles. The van der Waals surface area contributed by atoms with Crippen LogP contribution in [-0.4, -0.2) is 15.6 Å². The molecular weight excluding hydrogens is 402 g/mol. The van der Waals surface area contributed by atoms with E-state index in [2.05, 4.69) is 51.9 Å². The van der Waals surface area contributed by atoms with Crippen LogP contribution in [0.1, 0.15) is 30.5 Å². The Labute approximate surface area is 187 Å². The molecule has 1 fully saturated rings. The van der Waals surface area contributed by atoms with Gasteiger partial charge in [0.05, 0.1) is 0 Å². The summed E-state index contributed by atoms with van der Waals surface area (Å²) in [4.78, 5) is 4.50. The van der Waals surface area contributed by atoms with E-state index < -0.39 is 0 Å². The first-order valence-corrected chi connectivity index (χ1v) is 11.1. The van der Waals surface area contributed by atoms with Gasteiger partial charge in [-0.15, -0.1) is 0 Å². The van der Waals surface area contributed by atoms with Gasteiger partial charge in [-0.25, -0.2) is 4.98 Å². The maximum absolute atomic E-state index is 6.26. The standard InChI is InChI=1S/C27H24ClN3/c28-24-8-5-20(6-9-24)23-7-11-25(30-18-23)10-1-19-2-12-27-22(17-19)13-15-31(27)16-14-26(29)21-3-4-21/h2,5-9,11-13,15,17-18,21,26H,3-4,14,16,29H2. The Bertz CT molecular complexity index is 1260. The highest BCUT2D eigenvalue weighted by molar-refractivity contribution is 6.30. The molecule has 3 nitrogen and oxygen atoms in total. The van der Waals surface area contributed by atoms with Crippen molar-refractivity contribution in [2.45, 2.75) is 31.8 Å². The lowest BCUT2D eigenvalue weighted by molar-refractivity contribution is 0.505. The molecule has 154 valence electrons.